The highest BCUT2D eigenvalue weighted by Crippen LogP contribution is 2.44. The summed E-state index contributed by atoms with van der Waals surface area (Å²) in [7, 11) is 0. The lowest BCUT2D eigenvalue weighted by atomic mass is 9.92. The third-order valence-corrected chi connectivity index (χ3v) is 12.6. The summed E-state index contributed by atoms with van der Waals surface area (Å²) in [4.78, 5) is 16.1. The van der Waals surface area contributed by atoms with E-state index < -0.39 is 0 Å². The topological polar surface area (TPSA) is 56.7 Å². The zero-order chi connectivity index (χ0) is 45.4. The quantitative estimate of drug-likeness (QED) is 0.129. The third-order valence-electron chi connectivity index (χ3n) is 12.6. The predicted molar refractivity (Wildman–Crippen MR) is 282 cm³/mol. The molecular formula is C63H42N4O. The van der Waals surface area contributed by atoms with Crippen molar-refractivity contribution in [1.29, 1.82) is 0 Å². The van der Waals surface area contributed by atoms with Gasteiger partial charge in [0.25, 0.3) is 0 Å². The maximum absolute atomic E-state index is 6.39. The molecule has 12 aromatic rings. The highest BCUT2D eigenvalue weighted by molar-refractivity contribution is 6.13. The second-order valence-corrected chi connectivity index (χ2v) is 16.8. The number of aromatic nitrogens is 4. The minimum absolute atomic E-state index is 0.562. The van der Waals surface area contributed by atoms with Crippen LogP contribution in [-0.4, -0.2) is 19.5 Å². The van der Waals surface area contributed by atoms with Crippen LogP contribution in [0.3, 0.4) is 0 Å². The van der Waals surface area contributed by atoms with Crippen molar-refractivity contribution in [2.75, 3.05) is 0 Å². The maximum atomic E-state index is 6.39. The lowest BCUT2D eigenvalue weighted by molar-refractivity contribution is 0.669. The number of benzene rings is 9. The van der Waals surface area contributed by atoms with Gasteiger partial charge in [-0.05, 0) is 70.3 Å². The van der Waals surface area contributed by atoms with E-state index in [-0.39, 0.29) is 0 Å². The first-order valence-corrected chi connectivity index (χ1v) is 22.8. The Morgan fingerprint density at radius 1 is 0.382 bits per heavy atom. The van der Waals surface area contributed by atoms with Gasteiger partial charge in [0.05, 0.1) is 16.7 Å². The van der Waals surface area contributed by atoms with Crippen LogP contribution in [0.5, 0.6) is 0 Å². The molecule has 12 rings (SSSR count). The Bertz CT molecular complexity index is 3840. The van der Waals surface area contributed by atoms with Crippen LogP contribution in [0, 0.1) is 0 Å². The molecule has 0 unspecified atom stereocenters. The van der Waals surface area contributed by atoms with E-state index in [0.29, 0.717) is 17.5 Å². The number of rotatable bonds is 10. The summed E-state index contributed by atoms with van der Waals surface area (Å²) in [6, 6.07) is 74.4. The number of furan rings is 1. The second-order valence-electron chi connectivity index (χ2n) is 16.8. The largest absolute Gasteiger partial charge is 0.456 e. The van der Waals surface area contributed by atoms with Gasteiger partial charge in [-0.3, -0.25) is 0 Å². The molecule has 0 atom stereocenters. The Morgan fingerprint density at radius 3 is 1.65 bits per heavy atom. The van der Waals surface area contributed by atoms with Gasteiger partial charge < -0.3 is 8.98 Å². The molecule has 0 radical (unpaired) electrons. The number of hydrogen-bond acceptors (Lipinski definition) is 4. The Labute approximate surface area is 394 Å². The molecule has 9 aromatic carbocycles. The fraction of sp³-hybridized carbons (Fsp3) is 0. The number of nitrogens with zero attached hydrogens (tertiary/aromatic N) is 4. The van der Waals surface area contributed by atoms with Gasteiger partial charge in [0, 0.05) is 49.4 Å². The summed E-state index contributed by atoms with van der Waals surface area (Å²) in [6.07, 6.45) is 9.91. The molecule has 0 spiro atoms. The summed E-state index contributed by atoms with van der Waals surface area (Å²) in [5.74, 6) is 1.70. The van der Waals surface area contributed by atoms with Crippen molar-refractivity contribution in [3.05, 3.63) is 249 Å². The lowest BCUT2D eigenvalue weighted by Gasteiger charge is -2.21. The Morgan fingerprint density at radius 2 is 0.941 bits per heavy atom. The standard InChI is InChI=1S/C63H42N4O/c1-2-3-4-8-20-42-33-38-56-54(39-42)49-27-15-17-30-55(49)67(56)60-52(45-23-11-6-12-24-45)40-48(41-53(60)46-25-13-7-14-26-46)62-64-61(47-36-34-44(35-37-47)43-21-9-5-10-22-43)65-63(66-62)51-29-19-32-58-59(51)50-28-16-18-31-57(50)68-58/h2-41H,1H2/b4-3-,20-8+. The highest BCUT2D eigenvalue weighted by Gasteiger charge is 2.24. The average Bonchev–Trinajstić information content (AvgIpc) is 3.96. The van der Waals surface area contributed by atoms with Crippen LogP contribution in [-0.2, 0) is 0 Å². The van der Waals surface area contributed by atoms with Crippen LogP contribution in [0.1, 0.15) is 5.56 Å². The molecule has 3 heterocycles. The molecule has 0 N–H and O–H groups in total. The molecule has 0 saturated carbocycles. The van der Waals surface area contributed by atoms with Crippen molar-refractivity contribution in [1.82, 2.24) is 19.5 Å². The number of para-hydroxylation sites is 2. The summed E-state index contributed by atoms with van der Waals surface area (Å²) in [5.41, 5.74) is 15.1. The van der Waals surface area contributed by atoms with Crippen molar-refractivity contribution in [2.24, 2.45) is 0 Å². The van der Waals surface area contributed by atoms with E-state index in [1.165, 1.54) is 10.8 Å². The van der Waals surface area contributed by atoms with Gasteiger partial charge in [0.2, 0.25) is 0 Å². The van der Waals surface area contributed by atoms with E-state index in [1.807, 2.05) is 48.6 Å². The maximum Gasteiger partial charge on any atom is 0.164 e. The smallest absolute Gasteiger partial charge is 0.164 e. The summed E-state index contributed by atoms with van der Waals surface area (Å²) >= 11 is 0. The first kappa shape index (κ1) is 40.3. The first-order valence-electron chi connectivity index (χ1n) is 22.8. The normalized spacial score (nSPS) is 11.8. The predicted octanol–water partition coefficient (Wildman–Crippen LogP) is 16.6. The first-order chi connectivity index (χ1) is 33.7. The van der Waals surface area contributed by atoms with Gasteiger partial charge in [0.1, 0.15) is 11.2 Å². The molecular weight excluding hydrogens is 829 g/mol. The molecule has 0 saturated heterocycles. The zero-order valence-electron chi connectivity index (χ0n) is 37.0. The van der Waals surface area contributed by atoms with Crippen LogP contribution in [0.2, 0.25) is 0 Å². The van der Waals surface area contributed by atoms with Crippen LogP contribution in [0.15, 0.2) is 248 Å². The van der Waals surface area contributed by atoms with Crippen LogP contribution in [0.25, 0.3) is 123 Å². The molecule has 0 aliphatic carbocycles. The number of hydrogen-bond donors (Lipinski definition) is 0. The second kappa shape index (κ2) is 17.3. The van der Waals surface area contributed by atoms with Crippen molar-refractivity contribution >= 4 is 49.8 Å². The summed E-state index contributed by atoms with van der Waals surface area (Å²) in [5, 5.41) is 4.32. The monoisotopic (exact) mass is 870 g/mol. The van der Waals surface area contributed by atoms with E-state index in [2.05, 4.69) is 199 Å². The minimum atomic E-state index is 0.562. The molecule has 3 aromatic heterocycles. The van der Waals surface area contributed by atoms with Crippen LogP contribution < -0.4 is 0 Å². The molecule has 0 aliphatic rings. The molecule has 5 nitrogen and oxygen atoms in total. The van der Waals surface area contributed by atoms with Crippen molar-refractivity contribution in [2.45, 2.75) is 0 Å². The van der Waals surface area contributed by atoms with Gasteiger partial charge >= 0.3 is 0 Å². The number of allylic oxidation sites excluding steroid dienone is 4. The van der Waals surface area contributed by atoms with Gasteiger partial charge in [-0.25, -0.2) is 15.0 Å². The summed E-state index contributed by atoms with van der Waals surface area (Å²) in [6.45, 7) is 3.82. The van der Waals surface area contributed by atoms with Crippen molar-refractivity contribution < 1.29 is 4.42 Å². The average molecular weight is 871 g/mol. The fourth-order valence-electron chi connectivity index (χ4n) is 9.48. The molecule has 0 bridgehead atoms. The van der Waals surface area contributed by atoms with Crippen LogP contribution in [0.4, 0.5) is 0 Å². The van der Waals surface area contributed by atoms with E-state index >= 15 is 0 Å². The minimum Gasteiger partial charge on any atom is -0.456 e. The van der Waals surface area contributed by atoms with Gasteiger partial charge in [-0.1, -0.05) is 207 Å². The summed E-state index contributed by atoms with van der Waals surface area (Å²) < 4.78 is 8.83. The fourth-order valence-corrected chi connectivity index (χ4v) is 9.48. The van der Waals surface area contributed by atoms with Crippen LogP contribution >= 0.6 is 0 Å². The molecule has 68 heavy (non-hydrogen) atoms. The molecule has 5 heteroatoms. The Balaban J connectivity index is 1.14. The van der Waals surface area contributed by atoms with E-state index in [9.17, 15) is 0 Å². The molecule has 0 aliphatic heterocycles. The molecule has 0 amide bonds. The zero-order valence-corrected chi connectivity index (χ0v) is 37.0. The highest BCUT2D eigenvalue weighted by atomic mass is 16.3. The Kier molecular flexibility index (Phi) is 10.3. The van der Waals surface area contributed by atoms with Gasteiger partial charge in [0.15, 0.2) is 17.5 Å². The van der Waals surface area contributed by atoms with E-state index in [1.54, 1.807) is 6.08 Å². The van der Waals surface area contributed by atoms with Gasteiger partial charge in [-0.15, -0.1) is 0 Å². The van der Waals surface area contributed by atoms with E-state index in [0.717, 1.165) is 94.3 Å². The van der Waals surface area contributed by atoms with E-state index in [4.69, 9.17) is 19.4 Å². The third kappa shape index (κ3) is 7.29. The molecule has 0 fully saturated rings. The Hall–Kier alpha value is -9.19. The lowest BCUT2D eigenvalue weighted by Crippen LogP contribution is -2.04. The van der Waals surface area contributed by atoms with Crippen molar-refractivity contribution in [3.8, 4) is 73.2 Å². The number of fused-ring (bicyclic) bond motifs is 6. The van der Waals surface area contributed by atoms with Crippen molar-refractivity contribution in [3.63, 3.8) is 0 Å². The SMILES string of the molecule is C=C/C=C\C=C\c1ccc2c(c1)c1ccccc1n2-c1c(-c2ccccc2)cc(-c2nc(-c3ccc(-c4ccccc4)cc3)nc(-c3cccc4oc5ccccc5c34)n2)cc1-c1ccccc1. The molecule has 320 valence electrons. The van der Waals surface area contributed by atoms with Gasteiger partial charge in [-0.2, -0.15) is 0 Å².